The molecule has 25 heavy (non-hydrogen) atoms. The molecule has 0 bridgehead atoms. The molecule has 1 aliphatic heterocycles. The number of rotatable bonds is 1. The SMILES string of the molecule is Oc1cc2c(cc1O)[C@@H]1c3cc(-c4ccccc4)sc3CN[C@H]1CC2. The highest BCUT2D eigenvalue weighted by molar-refractivity contribution is 7.15. The van der Waals surface area contributed by atoms with E-state index in [4.69, 9.17) is 0 Å². The molecule has 0 radical (unpaired) electrons. The third-order valence-electron chi connectivity index (χ3n) is 5.46. The topological polar surface area (TPSA) is 52.5 Å². The minimum absolute atomic E-state index is 0.0171. The number of hydrogen-bond acceptors (Lipinski definition) is 4. The van der Waals surface area contributed by atoms with Crippen molar-refractivity contribution in [2.45, 2.75) is 31.3 Å². The molecule has 0 fully saturated rings. The maximum atomic E-state index is 10.0. The minimum Gasteiger partial charge on any atom is -0.504 e. The minimum atomic E-state index is -0.0231. The first kappa shape index (κ1) is 15.0. The van der Waals surface area contributed by atoms with Gasteiger partial charge in [-0.3, -0.25) is 0 Å². The van der Waals surface area contributed by atoms with E-state index in [0.717, 1.165) is 30.5 Å². The number of phenols is 2. The smallest absolute Gasteiger partial charge is 0.157 e. The summed E-state index contributed by atoms with van der Waals surface area (Å²) >= 11 is 1.85. The summed E-state index contributed by atoms with van der Waals surface area (Å²) in [6.45, 7) is 0.910. The number of aromatic hydroxyl groups is 2. The molecule has 0 spiro atoms. The lowest BCUT2D eigenvalue weighted by Gasteiger charge is -2.38. The van der Waals surface area contributed by atoms with Gasteiger partial charge in [-0.1, -0.05) is 30.3 Å². The van der Waals surface area contributed by atoms with Gasteiger partial charge in [-0.15, -0.1) is 11.3 Å². The molecule has 2 aromatic carbocycles. The van der Waals surface area contributed by atoms with E-state index in [1.807, 2.05) is 17.4 Å². The first-order chi connectivity index (χ1) is 12.2. The van der Waals surface area contributed by atoms with Crippen LogP contribution in [0.4, 0.5) is 0 Å². The summed E-state index contributed by atoms with van der Waals surface area (Å²) < 4.78 is 0. The third kappa shape index (κ3) is 2.36. The molecule has 2 aliphatic rings. The molecule has 3 N–H and O–H groups in total. The Morgan fingerprint density at radius 1 is 0.960 bits per heavy atom. The van der Waals surface area contributed by atoms with E-state index in [1.165, 1.54) is 20.9 Å². The highest BCUT2D eigenvalue weighted by Gasteiger charge is 2.36. The van der Waals surface area contributed by atoms with Gasteiger partial charge in [0.05, 0.1) is 0 Å². The number of aryl methyl sites for hydroxylation is 1. The van der Waals surface area contributed by atoms with E-state index in [0.29, 0.717) is 6.04 Å². The Morgan fingerprint density at radius 2 is 1.76 bits per heavy atom. The maximum Gasteiger partial charge on any atom is 0.157 e. The van der Waals surface area contributed by atoms with Crippen molar-refractivity contribution in [1.82, 2.24) is 5.32 Å². The summed E-state index contributed by atoms with van der Waals surface area (Å²) in [6.07, 6.45) is 1.99. The van der Waals surface area contributed by atoms with E-state index in [1.54, 1.807) is 12.1 Å². The molecule has 0 saturated heterocycles. The Labute approximate surface area is 150 Å². The molecule has 3 nitrogen and oxygen atoms in total. The predicted molar refractivity (Wildman–Crippen MR) is 100 cm³/mol. The summed E-state index contributed by atoms with van der Waals surface area (Å²) in [4.78, 5) is 2.67. The van der Waals surface area contributed by atoms with Crippen LogP contribution < -0.4 is 5.32 Å². The second-order valence-corrected chi connectivity index (χ2v) is 8.04. The van der Waals surface area contributed by atoms with E-state index in [-0.39, 0.29) is 17.4 Å². The van der Waals surface area contributed by atoms with Crippen LogP contribution in [0.1, 0.15) is 33.9 Å². The van der Waals surface area contributed by atoms with E-state index in [9.17, 15) is 10.2 Å². The molecule has 1 aliphatic carbocycles. The van der Waals surface area contributed by atoms with Crippen LogP contribution in [0, 0.1) is 0 Å². The van der Waals surface area contributed by atoms with Crippen LogP contribution >= 0.6 is 11.3 Å². The second kappa shape index (κ2) is 5.61. The summed E-state index contributed by atoms with van der Waals surface area (Å²) in [5.74, 6) is 0.203. The number of hydrogen-bond donors (Lipinski definition) is 3. The average Bonchev–Trinajstić information content (AvgIpc) is 3.07. The zero-order valence-electron chi connectivity index (χ0n) is 13.7. The van der Waals surface area contributed by atoms with Crippen molar-refractivity contribution in [3.8, 4) is 21.9 Å². The van der Waals surface area contributed by atoms with Crippen molar-refractivity contribution < 1.29 is 10.2 Å². The van der Waals surface area contributed by atoms with E-state index in [2.05, 4.69) is 35.6 Å². The Bertz CT molecular complexity index is 948. The van der Waals surface area contributed by atoms with Gasteiger partial charge < -0.3 is 15.5 Å². The lowest BCUT2D eigenvalue weighted by Crippen LogP contribution is -2.41. The van der Waals surface area contributed by atoms with E-state index < -0.39 is 0 Å². The molecule has 2 heterocycles. The van der Waals surface area contributed by atoms with Crippen LogP contribution in [-0.4, -0.2) is 16.3 Å². The monoisotopic (exact) mass is 349 g/mol. The van der Waals surface area contributed by atoms with Crippen molar-refractivity contribution in [2.75, 3.05) is 0 Å². The maximum absolute atomic E-state index is 10.0. The zero-order chi connectivity index (χ0) is 17.0. The summed E-state index contributed by atoms with van der Waals surface area (Å²) in [5.41, 5.74) is 4.93. The number of thiophene rings is 1. The highest BCUT2D eigenvalue weighted by atomic mass is 32.1. The number of phenolic OH excluding ortho intramolecular Hbond substituents is 2. The fourth-order valence-electron chi connectivity index (χ4n) is 4.25. The Hall–Kier alpha value is -2.30. The van der Waals surface area contributed by atoms with Crippen LogP contribution in [-0.2, 0) is 13.0 Å². The summed E-state index contributed by atoms with van der Waals surface area (Å²) in [7, 11) is 0. The molecule has 126 valence electrons. The van der Waals surface area contributed by atoms with Crippen molar-refractivity contribution in [3.63, 3.8) is 0 Å². The first-order valence-electron chi connectivity index (χ1n) is 8.67. The first-order valence-corrected chi connectivity index (χ1v) is 9.48. The average molecular weight is 349 g/mol. The third-order valence-corrected chi connectivity index (χ3v) is 6.66. The normalized spacial score (nSPS) is 21.3. The zero-order valence-corrected chi connectivity index (χ0v) is 14.5. The van der Waals surface area contributed by atoms with Gasteiger partial charge in [0, 0.05) is 28.3 Å². The molecule has 5 rings (SSSR count). The summed E-state index contributed by atoms with van der Waals surface area (Å²) in [6, 6.07) is 16.7. The lowest BCUT2D eigenvalue weighted by molar-refractivity contribution is 0.382. The Morgan fingerprint density at radius 3 is 2.60 bits per heavy atom. The largest absolute Gasteiger partial charge is 0.504 e. The number of benzene rings is 2. The predicted octanol–water partition coefficient (Wildman–Crippen LogP) is 4.38. The fourth-order valence-corrected chi connectivity index (χ4v) is 5.42. The Kier molecular flexibility index (Phi) is 3.37. The van der Waals surface area contributed by atoms with Crippen LogP contribution in [0.5, 0.6) is 11.5 Å². The van der Waals surface area contributed by atoms with Gasteiger partial charge in [0.2, 0.25) is 0 Å². The second-order valence-electron chi connectivity index (χ2n) is 6.90. The molecule has 4 heteroatoms. The number of fused-ring (bicyclic) bond motifs is 5. The summed E-state index contributed by atoms with van der Waals surface area (Å²) in [5, 5.41) is 23.6. The van der Waals surface area contributed by atoms with Gasteiger partial charge in [-0.25, -0.2) is 0 Å². The number of nitrogens with one attached hydrogen (secondary N) is 1. The molecular formula is C21H19NO2S. The highest BCUT2D eigenvalue weighted by Crippen LogP contribution is 2.47. The molecule has 1 aromatic heterocycles. The molecule has 3 aromatic rings. The molecule has 0 amide bonds. The van der Waals surface area contributed by atoms with Gasteiger partial charge in [-0.05, 0) is 53.3 Å². The molecule has 2 atom stereocenters. The van der Waals surface area contributed by atoms with Gasteiger partial charge in [-0.2, -0.15) is 0 Å². The van der Waals surface area contributed by atoms with Crippen LogP contribution in [0.2, 0.25) is 0 Å². The lowest BCUT2D eigenvalue weighted by atomic mass is 9.74. The van der Waals surface area contributed by atoms with Gasteiger partial charge in [0.1, 0.15) is 0 Å². The van der Waals surface area contributed by atoms with Crippen molar-refractivity contribution in [3.05, 3.63) is 70.1 Å². The van der Waals surface area contributed by atoms with Gasteiger partial charge in [0.15, 0.2) is 11.5 Å². The Balaban J connectivity index is 1.65. The van der Waals surface area contributed by atoms with E-state index >= 15 is 0 Å². The van der Waals surface area contributed by atoms with Crippen molar-refractivity contribution in [1.29, 1.82) is 0 Å². The molecule has 0 unspecified atom stereocenters. The standard InChI is InChI=1S/C21H19NO2S/c23-17-8-13-6-7-16-21(14(13)9-18(17)24)15-10-19(25-20(15)11-22-16)12-4-2-1-3-5-12/h1-5,8-10,16,21-24H,6-7,11H2/t16-,21+/m0/s1. The van der Waals surface area contributed by atoms with Gasteiger partial charge in [0.25, 0.3) is 0 Å². The fraction of sp³-hybridized carbons (Fsp3) is 0.238. The van der Waals surface area contributed by atoms with Crippen LogP contribution in [0.15, 0.2) is 48.5 Å². The molecule has 0 saturated carbocycles. The van der Waals surface area contributed by atoms with Crippen LogP contribution in [0.3, 0.4) is 0 Å². The van der Waals surface area contributed by atoms with Crippen molar-refractivity contribution in [2.24, 2.45) is 0 Å². The van der Waals surface area contributed by atoms with Crippen molar-refractivity contribution >= 4 is 11.3 Å². The van der Waals surface area contributed by atoms with Gasteiger partial charge >= 0.3 is 0 Å². The van der Waals surface area contributed by atoms with Crippen LogP contribution in [0.25, 0.3) is 10.4 Å². The quantitative estimate of drug-likeness (QED) is 0.572. The molecular weight excluding hydrogens is 330 g/mol.